The van der Waals surface area contributed by atoms with Gasteiger partial charge in [0.05, 0.1) is 15.3 Å². The number of hydrogen-bond acceptors (Lipinski definition) is 2. The molecule has 0 spiro atoms. The minimum absolute atomic E-state index is 0.391. The fourth-order valence-electron chi connectivity index (χ4n) is 5.46. The summed E-state index contributed by atoms with van der Waals surface area (Å²) >= 11 is 0. The summed E-state index contributed by atoms with van der Waals surface area (Å²) in [6, 6.07) is 32.2. The van der Waals surface area contributed by atoms with E-state index in [0.717, 1.165) is 33.3 Å². The molecule has 158 valence electrons. The largest absolute Gasteiger partial charge is 0.343 e. The Morgan fingerprint density at radius 1 is 0.636 bits per heavy atom. The fraction of sp³-hybridized carbons (Fsp3) is 0.0345. The number of hydrogen-bond donors (Lipinski definition) is 0. The van der Waals surface area contributed by atoms with E-state index in [1.54, 1.807) is 12.1 Å². The number of aromatic nitrogens is 1. The topological polar surface area (TPSA) is 39.1 Å². The van der Waals surface area contributed by atoms with Crippen molar-refractivity contribution in [1.29, 1.82) is 0 Å². The van der Waals surface area contributed by atoms with E-state index < -0.39 is 9.84 Å². The van der Waals surface area contributed by atoms with Gasteiger partial charge in [-0.25, -0.2) is 8.42 Å². The highest BCUT2D eigenvalue weighted by Crippen LogP contribution is 2.45. The molecular formula is C29H19NO2S. The lowest BCUT2D eigenvalue weighted by Gasteiger charge is -2.09. The van der Waals surface area contributed by atoms with Crippen LogP contribution in [-0.2, 0) is 16.9 Å². The molecule has 0 saturated heterocycles. The van der Waals surface area contributed by atoms with Crippen LogP contribution in [0.15, 0.2) is 107 Å². The number of benzene rings is 5. The van der Waals surface area contributed by atoms with Crippen molar-refractivity contribution in [3.8, 4) is 22.3 Å². The Bertz CT molecular complexity index is 1890. The van der Waals surface area contributed by atoms with E-state index in [1.165, 1.54) is 21.5 Å². The van der Waals surface area contributed by atoms with Crippen LogP contribution < -0.4 is 0 Å². The Hall–Kier alpha value is -3.89. The molecule has 0 N–H and O–H groups in total. The van der Waals surface area contributed by atoms with E-state index in [9.17, 15) is 8.42 Å². The lowest BCUT2D eigenvalue weighted by atomic mass is 9.98. The van der Waals surface area contributed by atoms with Crippen molar-refractivity contribution < 1.29 is 8.42 Å². The van der Waals surface area contributed by atoms with Gasteiger partial charge in [0, 0.05) is 40.0 Å². The molecule has 0 amide bonds. The van der Waals surface area contributed by atoms with Crippen LogP contribution in [0.1, 0.15) is 0 Å². The number of rotatable bonds is 1. The Morgan fingerprint density at radius 2 is 1.36 bits per heavy atom. The average Bonchev–Trinajstić information content (AvgIpc) is 3.28. The van der Waals surface area contributed by atoms with E-state index in [0.29, 0.717) is 9.79 Å². The first kappa shape index (κ1) is 18.7. The average molecular weight is 446 g/mol. The van der Waals surface area contributed by atoms with Gasteiger partial charge >= 0.3 is 0 Å². The third kappa shape index (κ3) is 2.36. The number of para-hydroxylation sites is 1. The molecule has 4 heteroatoms. The molecule has 3 nitrogen and oxygen atoms in total. The first-order valence-corrected chi connectivity index (χ1v) is 12.4. The van der Waals surface area contributed by atoms with E-state index in [2.05, 4.69) is 66.2 Å². The maximum atomic E-state index is 13.3. The summed E-state index contributed by atoms with van der Waals surface area (Å²) in [4.78, 5) is 0.786. The van der Waals surface area contributed by atoms with Crippen LogP contribution >= 0.6 is 0 Å². The quantitative estimate of drug-likeness (QED) is 0.274. The molecule has 0 unspecified atom stereocenters. The molecule has 0 bridgehead atoms. The minimum atomic E-state index is -3.52. The zero-order valence-electron chi connectivity index (χ0n) is 17.9. The minimum Gasteiger partial charge on any atom is -0.343 e. The molecule has 0 radical (unpaired) electrons. The lowest BCUT2D eigenvalue weighted by molar-refractivity contribution is 0.598. The van der Waals surface area contributed by atoms with Crippen LogP contribution in [0.2, 0.25) is 0 Å². The number of sulfone groups is 1. The number of nitrogens with zero attached hydrogens (tertiary/aromatic N) is 1. The molecule has 1 aromatic heterocycles. The van der Waals surface area contributed by atoms with E-state index in [1.807, 2.05) is 30.3 Å². The maximum Gasteiger partial charge on any atom is 0.207 e. The molecule has 7 rings (SSSR count). The summed E-state index contributed by atoms with van der Waals surface area (Å²) in [5.74, 6) is 0. The summed E-state index contributed by atoms with van der Waals surface area (Å²) < 4.78 is 28.8. The highest BCUT2D eigenvalue weighted by molar-refractivity contribution is 7.92. The van der Waals surface area contributed by atoms with Crippen LogP contribution in [0.4, 0.5) is 0 Å². The van der Waals surface area contributed by atoms with Gasteiger partial charge in [-0.3, -0.25) is 0 Å². The Morgan fingerprint density at radius 3 is 2.27 bits per heavy atom. The van der Waals surface area contributed by atoms with Crippen LogP contribution in [0.25, 0.3) is 54.8 Å². The van der Waals surface area contributed by atoms with Gasteiger partial charge in [-0.15, -0.1) is 0 Å². The third-order valence-corrected chi connectivity index (χ3v) is 8.81. The van der Waals surface area contributed by atoms with Gasteiger partial charge in [0.1, 0.15) is 0 Å². The van der Waals surface area contributed by atoms with Crippen LogP contribution in [0.3, 0.4) is 0 Å². The standard InChI is InChI=1S/C29H19NO2S/c1-30-25-16-14-18-7-2-3-8-20(18)28(25)24-11-6-10-21(29(24)30)19-13-15-23-22-9-4-5-12-26(22)33(31,32)27(23)17-19/h2-17H,1H3. The van der Waals surface area contributed by atoms with Gasteiger partial charge in [0.25, 0.3) is 0 Å². The van der Waals surface area contributed by atoms with E-state index in [4.69, 9.17) is 0 Å². The summed E-state index contributed by atoms with van der Waals surface area (Å²) in [5.41, 5.74) is 5.78. The number of fused-ring (bicyclic) bond motifs is 8. The molecule has 0 aliphatic carbocycles. The van der Waals surface area contributed by atoms with Crippen molar-refractivity contribution in [2.75, 3.05) is 0 Å². The van der Waals surface area contributed by atoms with Crippen molar-refractivity contribution in [2.24, 2.45) is 7.05 Å². The molecular weight excluding hydrogens is 426 g/mol. The van der Waals surface area contributed by atoms with E-state index >= 15 is 0 Å². The monoisotopic (exact) mass is 445 g/mol. The fourth-order valence-corrected chi connectivity index (χ4v) is 7.17. The van der Waals surface area contributed by atoms with Crippen LogP contribution in [0.5, 0.6) is 0 Å². The van der Waals surface area contributed by atoms with Crippen molar-refractivity contribution in [3.63, 3.8) is 0 Å². The van der Waals surface area contributed by atoms with Gasteiger partial charge in [-0.2, -0.15) is 0 Å². The maximum absolute atomic E-state index is 13.3. The second-order valence-electron chi connectivity index (χ2n) is 8.65. The van der Waals surface area contributed by atoms with Crippen molar-refractivity contribution in [3.05, 3.63) is 97.1 Å². The van der Waals surface area contributed by atoms with E-state index in [-0.39, 0.29) is 0 Å². The molecule has 0 saturated carbocycles. The predicted molar refractivity (Wildman–Crippen MR) is 134 cm³/mol. The second-order valence-corrected chi connectivity index (χ2v) is 10.5. The van der Waals surface area contributed by atoms with Crippen LogP contribution in [-0.4, -0.2) is 13.0 Å². The van der Waals surface area contributed by atoms with Gasteiger partial charge in [0.2, 0.25) is 9.84 Å². The van der Waals surface area contributed by atoms with Gasteiger partial charge < -0.3 is 4.57 Å². The van der Waals surface area contributed by atoms with Crippen molar-refractivity contribution >= 4 is 42.4 Å². The lowest BCUT2D eigenvalue weighted by Crippen LogP contribution is -1.97. The molecule has 0 fully saturated rings. The highest BCUT2D eigenvalue weighted by atomic mass is 32.2. The summed E-state index contributed by atoms with van der Waals surface area (Å²) in [7, 11) is -1.43. The Kier molecular flexibility index (Phi) is 3.58. The zero-order chi connectivity index (χ0) is 22.3. The Labute approximate surface area is 191 Å². The Balaban J connectivity index is 1.55. The van der Waals surface area contributed by atoms with Gasteiger partial charge in [0.15, 0.2) is 0 Å². The second kappa shape index (κ2) is 6.33. The first-order chi connectivity index (χ1) is 16.1. The van der Waals surface area contributed by atoms with Crippen molar-refractivity contribution in [2.45, 2.75) is 9.79 Å². The first-order valence-electron chi connectivity index (χ1n) is 10.9. The SMILES string of the molecule is Cn1c2ccc3ccccc3c2c2cccc(-c3ccc4c(c3)S(=O)(=O)c3ccccc3-4)c21. The zero-order valence-corrected chi connectivity index (χ0v) is 18.7. The molecule has 5 aromatic carbocycles. The molecule has 1 aliphatic rings. The molecule has 33 heavy (non-hydrogen) atoms. The summed E-state index contributed by atoms with van der Waals surface area (Å²) in [6.45, 7) is 0. The van der Waals surface area contributed by atoms with Gasteiger partial charge in [-0.05, 0) is 34.5 Å². The van der Waals surface area contributed by atoms with Crippen LogP contribution in [0, 0.1) is 0 Å². The highest BCUT2D eigenvalue weighted by Gasteiger charge is 2.32. The van der Waals surface area contributed by atoms with Crippen molar-refractivity contribution in [1.82, 2.24) is 4.57 Å². The molecule has 1 aliphatic heterocycles. The summed E-state index contributed by atoms with van der Waals surface area (Å²) in [5, 5.41) is 4.84. The number of aryl methyl sites for hydroxylation is 1. The summed E-state index contributed by atoms with van der Waals surface area (Å²) in [6.07, 6.45) is 0. The predicted octanol–water partition coefficient (Wildman–Crippen LogP) is 6.96. The molecule has 2 heterocycles. The normalized spacial score (nSPS) is 14.1. The molecule has 0 atom stereocenters. The van der Waals surface area contributed by atoms with Gasteiger partial charge in [-0.1, -0.05) is 78.9 Å². The smallest absolute Gasteiger partial charge is 0.207 e. The third-order valence-electron chi connectivity index (χ3n) is 6.96. The molecule has 6 aromatic rings.